The van der Waals surface area contributed by atoms with Crippen molar-refractivity contribution in [2.45, 2.75) is 35.3 Å². The smallest absolute Gasteiger partial charge is 0.238 e. The van der Waals surface area contributed by atoms with Crippen LogP contribution < -0.4 is 10.6 Å². The molecule has 0 saturated heterocycles. The van der Waals surface area contributed by atoms with Gasteiger partial charge in [-0.3, -0.25) is 9.59 Å². The Morgan fingerprint density at radius 2 is 2.13 bits per heavy atom. The summed E-state index contributed by atoms with van der Waals surface area (Å²) in [5, 5.41) is 14.7. The maximum absolute atomic E-state index is 12.2. The fourth-order valence-electron chi connectivity index (χ4n) is 2.35. The maximum Gasteiger partial charge on any atom is 0.238 e. The summed E-state index contributed by atoms with van der Waals surface area (Å²) in [6.07, 6.45) is 2.42. The van der Waals surface area contributed by atoms with Gasteiger partial charge in [-0.2, -0.15) is 0 Å². The molecule has 23 heavy (non-hydrogen) atoms. The molecule has 1 aromatic carbocycles. The number of fused-ring (bicyclic) bond motifs is 1. The van der Waals surface area contributed by atoms with E-state index in [1.807, 2.05) is 24.3 Å². The Bertz CT molecular complexity index is 772. The van der Waals surface area contributed by atoms with Crippen molar-refractivity contribution in [2.75, 3.05) is 10.6 Å². The highest BCUT2D eigenvalue weighted by molar-refractivity contribution is 8.01. The van der Waals surface area contributed by atoms with Crippen LogP contribution in [0.4, 0.5) is 10.8 Å². The van der Waals surface area contributed by atoms with Gasteiger partial charge in [0.2, 0.25) is 16.9 Å². The third kappa shape index (κ3) is 3.23. The zero-order valence-electron chi connectivity index (χ0n) is 12.1. The predicted octanol–water partition coefficient (Wildman–Crippen LogP) is 2.86. The second-order valence-electron chi connectivity index (χ2n) is 5.56. The van der Waals surface area contributed by atoms with Gasteiger partial charge >= 0.3 is 0 Å². The van der Waals surface area contributed by atoms with Crippen LogP contribution in [0, 0.1) is 0 Å². The van der Waals surface area contributed by atoms with Gasteiger partial charge in [0.15, 0.2) is 0 Å². The molecule has 2 heterocycles. The number of carbonyl (C=O) groups excluding carboxylic acids is 2. The average Bonchev–Trinajstić information content (AvgIpc) is 3.28. The maximum atomic E-state index is 12.2. The number of hydrogen-bond donors (Lipinski definition) is 2. The largest absolute Gasteiger partial charge is 0.324 e. The molecule has 2 aromatic rings. The number of hydrogen-bond acceptors (Lipinski definition) is 6. The molecular weight excluding hydrogens is 332 g/mol. The van der Waals surface area contributed by atoms with Crippen molar-refractivity contribution in [3.8, 4) is 0 Å². The summed E-state index contributed by atoms with van der Waals surface area (Å²) in [6.45, 7) is 0. The number of thioether (sulfide) groups is 1. The molecule has 0 radical (unpaired) electrons. The summed E-state index contributed by atoms with van der Waals surface area (Å²) < 4.78 is 0. The highest BCUT2D eigenvalue weighted by Gasteiger charge is 2.30. The number of aromatic nitrogens is 2. The minimum Gasteiger partial charge on any atom is -0.324 e. The summed E-state index contributed by atoms with van der Waals surface area (Å²) >= 11 is 2.84. The van der Waals surface area contributed by atoms with E-state index in [1.165, 1.54) is 23.1 Å². The SMILES string of the molecule is O=C(C[C@@H]1Sc2ccccc2NC1=O)Nc1nnc(C2CC2)s1. The van der Waals surface area contributed by atoms with E-state index in [0.29, 0.717) is 11.0 Å². The molecule has 8 heteroatoms. The lowest BCUT2D eigenvalue weighted by Crippen LogP contribution is -2.32. The second kappa shape index (κ2) is 5.93. The normalized spacial score (nSPS) is 19.8. The zero-order valence-corrected chi connectivity index (χ0v) is 13.7. The molecule has 6 nitrogen and oxygen atoms in total. The van der Waals surface area contributed by atoms with Crippen molar-refractivity contribution < 1.29 is 9.59 Å². The molecule has 0 unspecified atom stereocenters. The van der Waals surface area contributed by atoms with Crippen LogP contribution in [0.25, 0.3) is 0 Å². The molecule has 2 N–H and O–H groups in total. The van der Waals surface area contributed by atoms with Gasteiger partial charge in [0.05, 0.1) is 10.9 Å². The van der Waals surface area contributed by atoms with Crippen molar-refractivity contribution in [3.63, 3.8) is 0 Å². The van der Waals surface area contributed by atoms with Crippen LogP contribution in [0.1, 0.15) is 30.2 Å². The van der Waals surface area contributed by atoms with Gasteiger partial charge < -0.3 is 10.6 Å². The highest BCUT2D eigenvalue weighted by atomic mass is 32.2. The lowest BCUT2D eigenvalue weighted by Gasteiger charge is -2.23. The molecule has 1 saturated carbocycles. The first kappa shape index (κ1) is 14.6. The summed E-state index contributed by atoms with van der Waals surface area (Å²) in [5.74, 6) is 0.171. The van der Waals surface area contributed by atoms with Crippen molar-refractivity contribution >= 4 is 45.7 Å². The first-order valence-corrected chi connectivity index (χ1v) is 9.08. The van der Waals surface area contributed by atoms with E-state index in [2.05, 4.69) is 20.8 Å². The number of para-hydroxylation sites is 1. The van der Waals surface area contributed by atoms with E-state index in [9.17, 15) is 9.59 Å². The second-order valence-corrected chi connectivity index (χ2v) is 7.82. The Hall–Kier alpha value is -1.93. The fraction of sp³-hybridized carbons (Fsp3) is 0.333. The van der Waals surface area contributed by atoms with Gasteiger partial charge in [-0.25, -0.2) is 0 Å². The first-order valence-electron chi connectivity index (χ1n) is 7.39. The molecule has 1 aliphatic carbocycles. The van der Waals surface area contributed by atoms with Crippen molar-refractivity contribution in [2.24, 2.45) is 0 Å². The number of rotatable bonds is 4. The van der Waals surface area contributed by atoms with E-state index >= 15 is 0 Å². The minimum absolute atomic E-state index is 0.114. The quantitative estimate of drug-likeness (QED) is 0.889. The topological polar surface area (TPSA) is 84.0 Å². The van der Waals surface area contributed by atoms with Gasteiger partial charge in [0.1, 0.15) is 5.01 Å². The number of nitrogens with zero attached hydrogens (tertiary/aromatic N) is 2. The third-order valence-electron chi connectivity index (χ3n) is 3.69. The number of benzene rings is 1. The van der Waals surface area contributed by atoms with Crippen molar-refractivity contribution in [1.29, 1.82) is 0 Å². The van der Waals surface area contributed by atoms with Crippen molar-refractivity contribution in [3.05, 3.63) is 29.3 Å². The van der Waals surface area contributed by atoms with Gasteiger partial charge in [-0.1, -0.05) is 23.5 Å². The summed E-state index contributed by atoms with van der Waals surface area (Å²) in [5.41, 5.74) is 0.803. The molecule has 4 rings (SSSR count). The van der Waals surface area contributed by atoms with Crippen LogP contribution in [0.5, 0.6) is 0 Å². The van der Waals surface area contributed by atoms with Crippen LogP contribution in [0.3, 0.4) is 0 Å². The molecule has 118 valence electrons. The molecular formula is C15H14N4O2S2. The number of amides is 2. The Balaban J connectivity index is 1.39. The van der Waals surface area contributed by atoms with Crippen LogP contribution in [-0.4, -0.2) is 27.3 Å². The molecule has 2 amide bonds. The van der Waals surface area contributed by atoms with Crippen LogP contribution in [0.2, 0.25) is 0 Å². The Labute approximate surface area is 141 Å². The summed E-state index contributed by atoms with van der Waals surface area (Å²) in [7, 11) is 0. The van der Waals surface area contributed by atoms with Gasteiger partial charge in [0.25, 0.3) is 0 Å². The van der Waals surface area contributed by atoms with E-state index < -0.39 is 5.25 Å². The molecule has 1 fully saturated rings. The molecule has 0 spiro atoms. The van der Waals surface area contributed by atoms with E-state index in [0.717, 1.165) is 28.4 Å². The molecule has 1 aromatic heterocycles. The molecule has 1 aliphatic heterocycles. The Morgan fingerprint density at radius 3 is 2.96 bits per heavy atom. The average molecular weight is 346 g/mol. The number of carbonyl (C=O) groups is 2. The van der Waals surface area contributed by atoms with Gasteiger partial charge in [0, 0.05) is 17.2 Å². The summed E-state index contributed by atoms with van der Waals surface area (Å²) in [6, 6.07) is 7.59. The van der Waals surface area contributed by atoms with Gasteiger partial charge in [-0.15, -0.1) is 22.0 Å². The minimum atomic E-state index is -0.430. The third-order valence-corrected chi connectivity index (χ3v) is 5.97. The number of nitrogens with one attached hydrogen (secondary N) is 2. The highest BCUT2D eigenvalue weighted by Crippen LogP contribution is 2.42. The Morgan fingerprint density at radius 1 is 1.30 bits per heavy atom. The van der Waals surface area contributed by atoms with Crippen LogP contribution in [-0.2, 0) is 9.59 Å². The van der Waals surface area contributed by atoms with E-state index in [4.69, 9.17) is 0 Å². The van der Waals surface area contributed by atoms with E-state index in [1.54, 1.807) is 0 Å². The standard InChI is InChI=1S/C15H14N4O2S2/c20-12(17-15-19-18-14(23-15)8-5-6-8)7-11-13(21)16-9-3-1-2-4-10(9)22-11/h1-4,8,11H,5-7H2,(H,16,21)(H,17,19,20)/t11-/m0/s1. The molecule has 1 atom stereocenters. The predicted molar refractivity (Wildman–Crippen MR) is 89.8 cm³/mol. The van der Waals surface area contributed by atoms with Crippen LogP contribution in [0.15, 0.2) is 29.2 Å². The molecule has 2 aliphatic rings. The van der Waals surface area contributed by atoms with Gasteiger partial charge in [-0.05, 0) is 25.0 Å². The van der Waals surface area contributed by atoms with E-state index in [-0.39, 0.29) is 18.2 Å². The lowest BCUT2D eigenvalue weighted by molar-refractivity contribution is -0.120. The molecule has 0 bridgehead atoms. The lowest BCUT2D eigenvalue weighted by atomic mass is 10.2. The Kier molecular flexibility index (Phi) is 3.78. The summed E-state index contributed by atoms with van der Waals surface area (Å²) in [4.78, 5) is 25.3. The van der Waals surface area contributed by atoms with Crippen LogP contribution >= 0.6 is 23.1 Å². The zero-order chi connectivity index (χ0) is 15.8. The number of anilines is 2. The monoisotopic (exact) mass is 346 g/mol. The first-order chi connectivity index (χ1) is 11.2. The fourth-order valence-corrected chi connectivity index (χ4v) is 4.39. The van der Waals surface area contributed by atoms with Crippen molar-refractivity contribution in [1.82, 2.24) is 10.2 Å².